The Morgan fingerprint density at radius 2 is 2.14 bits per heavy atom. The number of anilines is 1. The van der Waals surface area contributed by atoms with Crippen molar-refractivity contribution in [2.45, 2.75) is 13.5 Å². The first-order valence-corrected chi connectivity index (χ1v) is 7.77. The lowest BCUT2D eigenvalue weighted by Crippen LogP contribution is -2.08. The molecule has 1 heterocycles. The van der Waals surface area contributed by atoms with Gasteiger partial charge in [0.05, 0.1) is 20.9 Å². The van der Waals surface area contributed by atoms with E-state index in [1.807, 2.05) is 6.92 Å². The van der Waals surface area contributed by atoms with Gasteiger partial charge in [0, 0.05) is 19.2 Å². The molecule has 0 atom stereocenters. The van der Waals surface area contributed by atoms with Crippen LogP contribution >= 0.6 is 34.2 Å². The van der Waals surface area contributed by atoms with Gasteiger partial charge in [0.15, 0.2) is 5.82 Å². The summed E-state index contributed by atoms with van der Waals surface area (Å²) in [6.07, 6.45) is 0. The van der Waals surface area contributed by atoms with E-state index in [-0.39, 0.29) is 5.02 Å². The normalized spacial score (nSPS) is 10.7. The van der Waals surface area contributed by atoms with Gasteiger partial charge in [-0.05, 0) is 47.7 Å². The number of ether oxygens (including phenoxy) is 1. The highest BCUT2D eigenvalue weighted by Gasteiger charge is 2.14. The van der Waals surface area contributed by atoms with Crippen molar-refractivity contribution in [2.75, 3.05) is 19.0 Å². The zero-order chi connectivity index (χ0) is 15.4. The summed E-state index contributed by atoms with van der Waals surface area (Å²) in [5.41, 5.74) is 1.44. The molecule has 0 radical (unpaired) electrons. The fraction of sp³-hybridized carbons (Fsp3) is 0.286. The third-order valence-electron chi connectivity index (χ3n) is 2.72. The summed E-state index contributed by atoms with van der Waals surface area (Å²) in [4.78, 5) is 8.96. The van der Waals surface area contributed by atoms with E-state index in [0.717, 1.165) is 21.6 Å². The van der Waals surface area contributed by atoms with Crippen molar-refractivity contribution in [3.63, 3.8) is 0 Å². The van der Waals surface area contributed by atoms with Gasteiger partial charge in [-0.25, -0.2) is 14.4 Å². The van der Waals surface area contributed by atoms with Crippen molar-refractivity contribution < 1.29 is 9.13 Å². The van der Waals surface area contributed by atoms with Gasteiger partial charge in [-0.3, -0.25) is 0 Å². The van der Waals surface area contributed by atoms with Gasteiger partial charge in [0.1, 0.15) is 11.6 Å². The van der Waals surface area contributed by atoms with Gasteiger partial charge in [-0.2, -0.15) is 0 Å². The summed E-state index contributed by atoms with van der Waals surface area (Å²) in [5.74, 6) is 0.755. The second kappa shape index (κ2) is 7.33. The molecule has 0 saturated carbocycles. The van der Waals surface area contributed by atoms with Crippen LogP contribution in [-0.2, 0) is 11.3 Å². The van der Waals surface area contributed by atoms with Crippen LogP contribution in [0.3, 0.4) is 0 Å². The van der Waals surface area contributed by atoms with E-state index in [1.165, 1.54) is 12.1 Å². The molecule has 0 spiro atoms. The molecule has 1 aromatic heterocycles. The highest BCUT2D eigenvalue weighted by molar-refractivity contribution is 14.1. The molecular formula is C14H14ClFIN3O. The Balaban J connectivity index is 2.53. The average Bonchev–Trinajstić information content (AvgIpc) is 2.46. The summed E-state index contributed by atoms with van der Waals surface area (Å²) < 4.78 is 19.3. The van der Waals surface area contributed by atoms with E-state index in [0.29, 0.717) is 18.0 Å². The zero-order valence-electron chi connectivity index (χ0n) is 11.6. The van der Waals surface area contributed by atoms with E-state index in [4.69, 9.17) is 16.3 Å². The van der Waals surface area contributed by atoms with E-state index in [1.54, 1.807) is 13.2 Å². The number of aromatic nitrogens is 2. The molecule has 0 aliphatic heterocycles. The lowest BCUT2D eigenvalue weighted by Gasteiger charge is -2.12. The van der Waals surface area contributed by atoms with Gasteiger partial charge in [0.25, 0.3) is 0 Å². The van der Waals surface area contributed by atoms with Crippen LogP contribution in [0.25, 0.3) is 11.4 Å². The Hall–Kier alpha value is -0.990. The van der Waals surface area contributed by atoms with E-state index >= 15 is 0 Å². The Bertz CT molecular complexity index is 627. The van der Waals surface area contributed by atoms with E-state index in [9.17, 15) is 4.39 Å². The maximum Gasteiger partial charge on any atom is 0.161 e. The minimum atomic E-state index is -0.463. The molecule has 4 nitrogen and oxygen atoms in total. The topological polar surface area (TPSA) is 47.0 Å². The van der Waals surface area contributed by atoms with E-state index < -0.39 is 5.82 Å². The first-order chi connectivity index (χ1) is 10.1. The molecule has 2 rings (SSSR count). The average molecular weight is 422 g/mol. The number of hydrogen-bond donors (Lipinski definition) is 1. The second-order valence-electron chi connectivity index (χ2n) is 4.25. The maximum absolute atomic E-state index is 13.3. The highest BCUT2D eigenvalue weighted by Crippen LogP contribution is 2.27. The molecule has 0 unspecified atom stereocenters. The number of methoxy groups -OCH3 is 1. The Morgan fingerprint density at radius 3 is 2.76 bits per heavy atom. The quantitative estimate of drug-likeness (QED) is 0.738. The van der Waals surface area contributed by atoms with Crippen LogP contribution in [0.1, 0.15) is 12.6 Å². The molecule has 7 heteroatoms. The zero-order valence-corrected chi connectivity index (χ0v) is 14.5. The summed E-state index contributed by atoms with van der Waals surface area (Å²) in [7, 11) is 1.61. The molecule has 112 valence electrons. The lowest BCUT2D eigenvalue weighted by atomic mass is 10.2. The SMILES string of the molecule is CCNc1nc(-c2ccc(F)c(Cl)c2)nc(COC)c1I. The number of benzene rings is 1. The number of nitrogens with one attached hydrogen (secondary N) is 1. The predicted octanol–water partition coefficient (Wildman–Crippen LogP) is 4.12. The molecule has 1 N–H and O–H groups in total. The monoisotopic (exact) mass is 421 g/mol. The Morgan fingerprint density at radius 1 is 1.38 bits per heavy atom. The first kappa shape index (κ1) is 16.4. The molecule has 0 aliphatic rings. The fourth-order valence-corrected chi connectivity index (χ4v) is 2.54. The molecule has 0 saturated heterocycles. The van der Waals surface area contributed by atoms with Gasteiger partial charge < -0.3 is 10.1 Å². The third-order valence-corrected chi connectivity index (χ3v) is 4.15. The number of hydrogen-bond acceptors (Lipinski definition) is 4. The second-order valence-corrected chi connectivity index (χ2v) is 5.73. The largest absolute Gasteiger partial charge is 0.378 e. The van der Waals surface area contributed by atoms with Gasteiger partial charge in [-0.1, -0.05) is 11.6 Å². The number of rotatable bonds is 5. The van der Waals surface area contributed by atoms with Crippen LogP contribution < -0.4 is 5.32 Å². The summed E-state index contributed by atoms with van der Waals surface area (Å²) in [6.45, 7) is 3.10. The standard InChI is InChI=1S/C14H14ClFIN3O/c1-3-18-14-12(17)11(7-21-2)19-13(20-14)8-4-5-10(16)9(15)6-8/h4-6H,3,7H2,1-2H3,(H,18,19,20). The molecular weight excluding hydrogens is 408 g/mol. The van der Waals surface area contributed by atoms with Gasteiger partial charge in [0.2, 0.25) is 0 Å². The minimum Gasteiger partial charge on any atom is -0.378 e. The lowest BCUT2D eigenvalue weighted by molar-refractivity contribution is 0.181. The molecule has 0 amide bonds. The van der Waals surface area contributed by atoms with Crippen molar-refractivity contribution in [1.82, 2.24) is 9.97 Å². The van der Waals surface area contributed by atoms with Crippen molar-refractivity contribution >= 4 is 40.0 Å². The van der Waals surface area contributed by atoms with Crippen LogP contribution in [0.2, 0.25) is 5.02 Å². The predicted molar refractivity (Wildman–Crippen MR) is 90.0 cm³/mol. The maximum atomic E-state index is 13.3. The fourth-order valence-electron chi connectivity index (χ4n) is 1.77. The first-order valence-electron chi connectivity index (χ1n) is 6.31. The van der Waals surface area contributed by atoms with Crippen molar-refractivity contribution in [3.05, 3.63) is 38.3 Å². The third kappa shape index (κ3) is 3.81. The molecule has 21 heavy (non-hydrogen) atoms. The molecule has 2 aromatic rings. The van der Waals surface area contributed by atoms with Crippen LogP contribution in [0.4, 0.5) is 10.2 Å². The summed E-state index contributed by atoms with van der Waals surface area (Å²) in [5, 5.41) is 3.24. The Kier molecular flexibility index (Phi) is 5.72. The Labute approximate surface area is 141 Å². The summed E-state index contributed by atoms with van der Waals surface area (Å²) >= 11 is 8.01. The summed E-state index contributed by atoms with van der Waals surface area (Å²) in [6, 6.07) is 4.43. The van der Waals surface area contributed by atoms with Crippen LogP contribution in [-0.4, -0.2) is 23.6 Å². The molecule has 0 fully saturated rings. The van der Waals surface area contributed by atoms with E-state index in [2.05, 4.69) is 37.9 Å². The van der Waals surface area contributed by atoms with Gasteiger partial charge in [-0.15, -0.1) is 0 Å². The highest BCUT2D eigenvalue weighted by atomic mass is 127. The molecule has 0 aliphatic carbocycles. The van der Waals surface area contributed by atoms with Crippen LogP contribution in [0, 0.1) is 9.39 Å². The molecule has 0 bridgehead atoms. The van der Waals surface area contributed by atoms with Crippen molar-refractivity contribution in [3.8, 4) is 11.4 Å². The van der Waals surface area contributed by atoms with Crippen LogP contribution in [0.5, 0.6) is 0 Å². The minimum absolute atomic E-state index is 0.0490. The number of nitrogens with zero attached hydrogens (tertiary/aromatic N) is 2. The molecule has 1 aromatic carbocycles. The number of halogens is 3. The smallest absolute Gasteiger partial charge is 0.161 e. The van der Waals surface area contributed by atoms with Crippen molar-refractivity contribution in [1.29, 1.82) is 0 Å². The van der Waals surface area contributed by atoms with Crippen molar-refractivity contribution in [2.24, 2.45) is 0 Å². The van der Waals surface area contributed by atoms with Gasteiger partial charge >= 0.3 is 0 Å². The van der Waals surface area contributed by atoms with Crippen LogP contribution in [0.15, 0.2) is 18.2 Å².